The van der Waals surface area contributed by atoms with Crippen LogP contribution in [0.4, 0.5) is 0 Å². The molecule has 0 aliphatic rings. The second-order valence-electron chi connectivity index (χ2n) is 3.86. The maximum Gasteiger partial charge on any atom is 0.303 e. The van der Waals surface area contributed by atoms with E-state index in [1.807, 2.05) is 19.3 Å². The molecule has 1 heterocycles. The zero-order valence-electron chi connectivity index (χ0n) is 9.65. The quantitative estimate of drug-likeness (QED) is 0.651. The molecule has 5 nitrogen and oxygen atoms in total. The fourth-order valence-corrected chi connectivity index (χ4v) is 1.48. The Morgan fingerprint density at radius 2 is 2.31 bits per heavy atom. The molecule has 0 aromatic carbocycles. The number of aliphatic carboxylic acids is 1. The summed E-state index contributed by atoms with van der Waals surface area (Å²) in [4.78, 5) is 10.2. The van der Waals surface area contributed by atoms with E-state index in [1.54, 1.807) is 4.68 Å². The third-order valence-electron chi connectivity index (χ3n) is 2.32. The number of aromatic nitrogens is 2. The lowest BCUT2D eigenvalue weighted by atomic mass is 10.2. The highest BCUT2D eigenvalue weighted by atomic mass is 16.4. The minimum Gasteiger partial charge on any atom is -0.481 e. The largest absolute Gasteiger partial charge is 0.481 e. The van der Waals surface area contributed by atoms with Gasteiger partial charge < -0.3 is 10.4 Å². The number of hydrogen-bond acceptors (Lipinski definition) is 3. The van der Waals surface area contributed by atoms with Crippen LogP contribution in [-0.4, -0.2) is 27.4 Å². The van der Waals surface area contributed by atoms with Crippen LogP contribution in [0.15, 0.2) is 12.3 Å². The van der Waals surface area contributed by atoms with Crippen LogP contribution < -0.4 is 5.32 Å². The number of nitrogens with one attached hydrogen (secondary N) is 1. The summed E-state index contributed by atoms with van der Waals surface area (Å²) >= 11 is 0. The number of hydrogen-bond donors (Lipinski definition) is 2. The van der Waals surface area contributed by atoms with Gasteiger partial charge in [-0.3, -0.25) is 9.48 Å². The molecule has 0 aliphatic carbocycles. The molecule has 0 unspecified atom stereocenters. The number of unbranched alkanes of at least 4 members (excludes halogenated alkanes) is 2. The SMILES string of the molecule is Cn1ccc(CNCCCCCC(=O)O)n1. The van der Waals surface area contributed by atoms with Gasteiger partial charge in [0.1, 0.15) is 0 Å². The Labute approximate surface area is 95.5 Å². The van der Waals surface area contributed by atoms with Gasteiger partial charge in [0.25, 0.3) is 0 Å². The van der Waals surface area contributed by atoms with Crippen molar-refractivity contribution < 1.29 is 9.90 Å². The van der Waals surface area contributed by atoms with Crippen molar-refractivity contribution in [3.63, 3.8) is 0 Å². The van der Waals surface area contributed by atoms with E-state index in [4.69, 9.17) is 5.11 Å². The summed E-state index contributed by atoms with van der Waals surface area (Å²) in [6, 6.07) is 1.98. The van der Waals surface area contributed by atoms with E-state index in [0.717, 1.165) is 38.0 Å². The highest BCUT2D eigenvalue weighted by Gasteiger charge is 1.97. The van der Waals surface area contributed by atoms with Crippen molar-refractivity contribution in [2.45, 2.75) is 32.2 Å². The van der Waals surface area contributed by atoms with Gasteiger partial charge in [0.2, 0.25) is 0 Å². The van der Waals surface area contributed by atoms with Gasteiger partial charge in [-0.25, -0.2) is 0 Å². The Morgan fingerprint density at radius 1 is 1.50 bits per heavy atom. The number of carboxylic acid groups (broad SMARTS) is 1. The van der Waals surface area contributed by atoms with Crippen molar-refractivity contribution >= 4 is 5.97 Å². The third kappa shape index (κ3) is 5.50. The Kier molecular flexibility index (Phi) is 5.56. The zero-order valence-corrected chi connectivity index (χ0v) is 9.65. The summed E-state index contributed by atoms with van der Waals surface area (Å²) in [6.45, 7) is 1.69. The van der Waals surface area contributed by atoms with Gasteiger partial charge in [-0.15, -0.1) is 0 Å². The first-order valence-corrected chi connectivity index (χ1v) is 5.59. The molecule has 0 aliphatic heterocycles. The highest BCUT2D eigenvalue weighted by Crippen LogP contribution is 1.99. The van der Waals surface area contributed by atoms with E-state index in [0.29, 0.717) is 0 Å². The lowest BCUT2D eigenvalue weighted by Gasteiger charge is -2.01. The first kappa shape index (κ1) is 12.7. The van der Waals surface area contributed by atoms with Gasteiger partial charge in [-0.2, -0.15) is 5.10 Å². The Balaban J connectivity index is 1.94. The predicted octanol–water partition coefficient (Wildman–Crippen LogP) is 1.15. The summed E-state index contributed by atoms with van der Waals surface area (Å²) in [5, 5.41) is 16.0. The minimum atomic E-state index is -0.707. The van der Waals surface area contributed by atoms with E-state index >= 15 is 0 Å². The molecular weight excluding hydrogens is 206 g/mol. The van der Waals surface area contributed by atoms with Crippen LogP contribution in [0.3, 0.4) is 0 Å². The fraction of sp³-hybridized carbons (Fsp3) is 0.636. The molecule has 0 bridgehead atoms. The maximum atomic E-state index is 10.2. The van der Waals surface area contributed by atoms with Gasteiger partial charge in [0.05, 0.1) is 5.69 Å². The summed E-state index contributed by atoms with van der Waals surface area (Å²) in [7, 11) is 1.90. The second kappa shape index (κ2) is 7.00. The van der Waals surface area contributed by atoms with Crippen LogP contribution in [0.1, 0.15) is 31.4 Å². The number of nitrogens with zero attached hydrogens (tertiary/aromatic N) is 2. The molecule has 0 amide bonds. The Bertz CT molecular complexity index is 323. The van der Waals surface area contributed by atoms with Crippen LogP contribution in [0.25, 0.3) is 0 Å². The zero-order chi connectivity index (χ0) is 11.8. The van der Waals surface area contributed by atoms with E-state index in [-0.39, 0.29) is 6.42 Å². The summed E-state index contributed by atoms with van der Waals surface area (Å²) in [6.07, 6.45) is 4.94. The molecule has 0 saturated carbocycles. The van der Waals surface area contributed by atoms with Gasteiger partial charge in [0, 0.05) is 26.2 Å². The van der Waals surface area contributed by atoms with E-state index in [1.165, 1.54) is 0 Å². The van der Waals surface area contributed by atoms with Gasteiger partial charge in [-0.05, 0) is 25.5 Å². The second-order valence-corrected chi connectivity index (χ2v) is 3.86. The standard InChI is InChI=1S/C11H19N3O2/c1-14-8-6-10(13-14)9-12-7-4-2-3-5-11(15)16/h6,8,12H,2-5,7,9H2,1H3,(H,15,16). The van der Waals surface area contributed by atoms with Crippen molar-refractivity contribution in [2.75, 3.05) is 6.54 Å². The summed E-state index contributed by atoms with van der Waals surface area (Å²) in [5.41, 5.74) is 1.04. The van der Waals surface area contributed by atoms with Crippen LogP contribution >= 0.6 is 0 Å². The van der Waals surface area contributed by atoms with Gasteiger partial charge in [-0.1, -0.05) is 6.42 Å². The van der Waals surface area contributed by atoms with Crippen LogP contribution in [0, 0.1) is 0 Å². The van der Waals surface area contributed by atoms with Gasteiger partial charge in [0.15, 0.2) is 0 Å². The molecule has 0 saturated heterocycles. The third-order valence-corrected chi connectivity index (χ3v) is 2.32. The van der Waals surface area contributed by atoms with Crippen LogP contribution in [0.2, 0.25) is 0 Å². The van der Waals surface area contributed by atoms with Gasteiger partial charge >= 0.3 is 5.97 Å². The lowest BCUT2D eigenvalue weighted by molar-refractivity contribution is -0.137. The average molecular weight is 225 g/mol. The predicted molar refractivity (Wildman–Crippen MR) is 61.0 cm³/mol. The lowest BCUT2D eigenvalue weighted by Crippen LogP contribution is -2.15. The average Bonchev–Trinajstić information content (AvgIpc) is 2.62. The topological polar surface area (TPSA) is 67.2 Å². The number of carbonyl (C=O) groups is 1. The molecule has 0 fully saturated rings. The van der Waals surface area contributed by atoms with E-state index < -0.39 is 5.97 Å². The molecule has 1 aromatic rings. The number of aryl methyl sites for hydroxylation is 1. The summed E-state index contributed by atoms with van der Waals surface area (Å²) in [5.74, 6) is -0.707. The first-order chi connectivity index (χ1) is 7.68. The Morgan fingerprint density at radius 3 is 2.94 bits per heavy atom. The first-order valence-electron chi connectivity index (χ1n) is 5.59. The van der Waals surface area contributed by atoms with Crippen molar-refractivity contribution in [3.05, 3.63) is 18.0 Å². The normalized spacial score (nSPS) is 10.6. The molecule has 90 valence electrons. The molecule has 0 spiro atoms. The highest BCUT2D eigenvalue weighted by molar-refractivity contribution is 5.66. The molecular formula is C11H19N3O2. The van der Waals surface area contributed by atoms with E-state index in [2.05, 4.69) is 10.4 Å². The molecule has 5 heteroatoms. The number of carboxylic acids is 1. The van der Waals surface area contributed by atoms with E-state index in [9.17, 15) is 4.79 Å². The van der Waals surface area contributed by atoms with Crippen molar-refractivity contribution in [1.82, 2.24) is 15.1 Å². The minimum absolute atomic E-state index is 0.278. The maximum absolute atomic E-state index is 10.2. The molecule has 2 N–H and O–H groups in total. The molecule has 1 rings (SSSR count). The number of rotatable bonds is 8. The fourth-order valence-electron chi connectivity index (χ4n) is 1.48. The molecule has 1 aromatic heterocycles. The summed E-state index contributed by atoms with van der Waals surface area (Å²) < 4.78 is 1.78. The Hall–Kier alpha value is -1.36. The van der Waals surface area contributed by atoms with Crippen molar-refractivity contribution in [1.29, 1.82) is 0 Å². The smallest absolute Gasteiger partial charge is 0.303 e. The van der Waals surface area contributed by atoms with Crippen LogP contribution in [-0.2, 0) is 18.4 Å². The van der Waals surface area contributed by atoms with Crippen molar-refractivity contribution in [3.8, 4) is 0 Å². The van der Waals surface area contributed by atoms with Crippen molar-refractivity contribution in [2.24, 2.45) is 7.05 Å². The van der Waals surface area contributed by atoms with Crippen LogP contribution in [0.5, 0.6) is 0 Å². The molecule has 0 atom stereocenters. The molecule has 16 heavy (non-hydrogen) atoms. The molecule has 0 radical (unpaired) electrons. The monoisotopic (exact) mass is 225 g/mol.